The SMILES string of the molecule is O=S(=O)(NC1CCC(CCN2CCC(Cc3cc(F)ccc3Br)CC2)CC1)N1CCCC1. The second-order valence-corrected chi connectivity index (χ2v) is 12.5. The van der Waals surface area contributed by atoms with E-state index >= 15 is 0 Å². The van der Waals surface area contributed by atoms with Gasteiger partial charge in [0.05, 0.1) is 0 Å². The minimum atomic E-state index is -3.29. The lowest BCUT2D eigenvalue weighted by Crippen LogP contribution is -2.45. The van der Waals surface area contributed by atoms with Gasteiger partial charge in [-0.25, -0.2) is 4.39 Å². The summed E-state index contributed by atoms with van der Waals surface area (Å²) in [5.41, 5.74) is 1.08. The first kappa shape index (κ1) is 24.6. The van der Waals surface area contributed by atoms with Gasteiger partial charge in [0.25, 0.3) is 10.2 Å². The fraction of sp³-hybridized carbons (Fsp3) is 0.750. The highest BCUT2D eigenvalue weighted by atomic mass is 79.9. The average Bonchev–Trinajstić information content (AvgIpc) is 3.33. The lowest BCUT2D eigenvalue weighted by Gasteiger charge is -2.34. The molecule has 4 rings (SSSR count). The topological polar surface area (TPSA) is 52.7 Å². The number of hydrogen-bond acceptors (Lipinski definition) is 3. The third kappa shape index (κ3) is 6.75. The molecule has 0 radical (unpaired) electrons. The molecule has 8 heteroatoms. The van der Waals surface area contributed by atoms with Crippen molar-refractivity contribution in [2.45, 2.75) is 70.3 Å². The highest BCUT2D eigenvalue weighted by Gasteiger charge is 2.30. The zero-order valence-electron chi connectivity index (χ0n) is 18.9. The monoisotopic (exact) mass is 529 g/mol. The van der Waals surface area contributed by atoms with Gasteiger partial charge in [0.1, 0.15) is 5.82 Å². The molecule has 32 heavy (non-hydrogen) atoms. The van der Waals surface area contributed by atoms with E-state index in [0.29, 0.717) is 24.9 Å². The molecule has 1 saturated carbocycles. The zero-order valence-corrected chi connectivity index (χ0v) is 21.3. The van der Waals surface area contributed by atoms with Crippen LogP contribution in [0.4, 0.5) is 4.39 Å². The van der Waals surface area contributed by atoms with Gasteiger partial charge in [-0.1, -0.05) is 15.9 Å². The highest BCUT2D eigenvalue weighted by molar-refractivity contribution is 9.10. The van der Waals surface area contributed by atoms with Crippen LogP contribution in [0.3, 0.4) is 0 Å². The maximum Gasteiger partial charge on any atom is 0.279 e. The summed E-state index contributed by atoms with van der Waals surface area (Å²) >= 11 is 3.56. The summed E-state index contributed by atoms with van der Waals surface area (Å²) in [6.45, 7) is 4.73. The van der Waals surface area contributed by atoms with Gasteiger partial charge in [0, 0.05) is 23.6 Å². The number of halogens is 2. The van der Waals surface area contributed by atoms with Gasteiger partial charge in [-0.15, -0.1) is 0 Å². The van der Waals surface area contributed by atoms with E-state index in [1.54, 1.807) is 10.4 Å². The van der Waals surface area contributed by atoms with Crippen LogP contribution in [0.15, 0.2) is 22.7 Å². The van der Waals surface area contributed by atoms with Crippen LogP contribution in [0, 0.1) is 17.7 Å². The Morgan fingerprint density at radius 1 is 0.969 bits per heavy atom. The first-order chi connectivity index (χ1) is 15.4. The Hall–Kier alpha value is -0.540. The summed E-state index contributed by atoms with van der Waals surface area (Å²) in [6, 6.07) is 5.09. The summed E-state index contributed by atoms with van der Waals surface area (Å²) in [5, 5.41) is 0. The summed E-state index contributed by atoms with van der Waals surface area (Å²) < 4.78 is 44.1. The third-order valence-electron chi connectivity index (χ3n) is 7.64. The Kier molecular flexibility index (Phi) is 8.65. The second kappa shape index (κ2) is 11.3. The average molecular weight is 531 g/mol. The maximum absolute atomic E-state index is 13.6. The standard InChI is InChI=1S/C24H37BrFN3O2S/c25-24-8-5-22(26)18-21(24)17-20-10-15-28(16-11-20)14-9-19-3-6-23(7-4-19)27-32(30,31)29-12-1-2-13-29/h5,8,18-20,23,27H,1-4,6-7,9-17H2. The second-order valence-electron chi connectivity index (χ2n) is 9.96. The number of benzene rings is 1. The van der Waals surface area contributed by atoms with Crippen molar-refractivity contribution in [3.05, 3.63) is 34.1 Å². The smallest absolute Gasteiger partial charge is 0.279 e. The van der Waals surface area contributed by atoms with Crippen molar-refractivity contribution in [1.29, 1.82) is 0 Å². The van der Waals surface area contributed by atoms with Gasteiger partial charge >= 0.3 is 0 Å². The molecule has 2 heterocycles. The Balaban J connectivity index is 1.13. The number of hydrogen-bond donors (Lipinski definition) is 1. The fourth-order valence-electron chi connectivity index (χ4n) is 5.57. The van der Waals surface area contributed by atoms with Crippen LogP contribution in [-0.2, 0) is 16.6 Å². The normalized spacial score (nSPS) is 26.6. The lowest BCUT2D eigenvalue weighted by atomic mass is 9.84. The van der Waals surface area contributed by atoms with Crippen LogP contribution >= 0.6 is 15.9 Å². The number of nitrogens with one attached hydrogen (secondary N) is 1. The van der Waals surface area contributed by atoms with E-state index in [-0.39, 0.29) is 11.9 Å². The molecule has 0 atom stereocenters. The van der Waals surface area contributed by atoms with Crippen LogP contribution in [0.25, 0.3) is 0 Å². The first-order valence-corrected chi connectivity index (χ1v) is 14.6. The van der Waals surface area contributed by atoms with Crippen molar-refractivity contribution in [3.63, 3.8) is 0 Å². The van der Waals surface area contributed by atoms with E-state index in [0.717, 1.165) is 74.6 Å². The number of likely N-dealkylation sites (tertiary alicyclic amines) is 1. The molecule has 5 nitrogen and oxygen atoms in total. The summed E-state index contributed by atoms with van der Waals surface area (Å²) in [7, 11) is -3.29. The van der Waals surface area contributed by atoms with Crippen molar-refractivity contribution >= 4 is 26.1 Å². The number of piperidine rings is 1. The largest absolute Gasteiger partial charge is 0.303 e. The van der Waals surface area contributed by atoms with Crippen LogP contribution in [0.2, 0.25) is 0 Å². The molecule has 3 aliphatic rings. The molecule has 2 aliphatic heterocycles. The van der Waals surface area contributed by atoms with E-state index in [1.807, 2.05) is 6.07 Å². The molecular weight excluding hydrogens is 493 g/mol. The van der Waals surface area contributed by atoms with E-state index in [4.69, 9.17) is 0 Å². The van der Waals surface area contributed by atoms with E-state index in [2.05, 4.69) is 25.6 Å². The van der Waals surface area contributed by atoms with Gasteiger partial charge < -0.3 is 4.90 Å². The van der Waals surface area contributed by atoms with Gasteiger partial charge in [0.2, 0.25) is 0 Å². The molecule has 1 aromatic carbocycles. The van der Waals surface area contributed by atoms with Crippen LogP contribution in [-0.4, -0.2) is 56.4 Å². The quantitative estimate of drug-likeness (QED) is 0.529. The Morgan fingerprint density at radius 3 is 2.34 bits per heavy atom. The van der Waals surface area contributed by atoms with Gasteiger partial charge in [-0.3, -0.25) is 0 Å². The van der Waals surface area contributed by atoms with Crippen molar-refractivity contribution in [2.75, 3.05) is 32.7 Å². The summed E-state index contributed by atoms with van der Waals surface area (Å²) in [4.78, 5) is 2.58. The molecule has 0 unspecified atom stereocenters. The predicted molar refractivity (Wildman–Crippen MR) is 130 cm³/mol. The highest BCUT2D eigenvalue weighted by Crippen LogP contribution is 2.30. The molecule has 0 amide bonds. The Morgan fingerprint density at radius 2 is 1.66 bits per heavy atom. The molecule has 1 aromatic rings. The molecule has 0 spiro atoms. The molecule has 180 valence electrons. The van der Waals surface area contributed by atoms with Crippen molar-refractivity contribution in [1.82, 2.24) is 13.9 Å². The maximum atomic E-state index is 13.6. The fourth-order valence-corrected chi connectivity index (χ4v) is 7.53. The molecule has 2 saturated heterocycles. The summed E-state index contributed by atoms with van der Waals surface area (Å²) in [6.07, 6.45) is 10.6. The first-order valence-electron chi connectivity index (χ1n) is 12.3. The molecule has 3 fully saturated rings. The molecule has 0 bridgehead atoms. The lowest BCUT2D eigenvalue weighted by molar-refractivity contribution is 0.164. The van der Waals surface area contributed by atoms with Crippen molar-refractivity contribution in [3.8, 4) is 0 Å². The Labute approximate surface area is 201 Å². The minimum absolute atomic E-state index is 0.106. The van der Waals surface area contributed by atoms with E-state index in [1.165, 1.54) is 25.3 Å². The van der Waals surface area contributed by atoms with Gasteiger partial charge in [-0.05, 0) is 119 Å². The zero-order chi connectivity index (χ0) is 22.6. The van der Waals surface area contributed by atoms with Gasteiger partial charge in [0.15, 0.2) is 0 Å². The Bertz CT molecular complexity index is 847. The summed E-state index contributed by atoms with van der Waals surface area (Å²) in [5.74, 6) is 1.19. The van der Waals surface area contributed by atoms with E-state index < -0.39 is 10.2 Å². The van der Waals surface area contributed by atoms with Crippen LogP contribution in [0.1, 0.15) is 63.4 Å². The van der Waals surface area contributed by atoms with Crippen molar-refractivity contribution in [2.24, 2.45) is 11.8 Å². The minimum Gasteiger partial charge on any atom is -0.303 e. The third-order valence-corrected chi connectivity index (χ3v) is 10.1. The molecule has 1 N–H and O–H groups in total. The number of nitrogens with zero attached hydrogens (tertiary/aromatic N) is 2. The van der Waals surface area contributed by atoms with Gasteiger partial charge in [-0.2, -0.15) is 17.4 Å². The predicted octanol–water partition coefficient (Wildman–Crippen LogP) is 4.72. The molecule has 0 aromatic heterocycles. The number of rotatable bonds is 8. The molecular formula is C24H37BrFN3O2S. The van der Waals surface area contributed by atoms with Crippen LogP contribution in [0.5, 0.6) is 0 Å². The van der Waals surface area contributed by atoms with Crippen molar-refractivity contribution < 1.29 is 12.8 Å². The molecule has 1 aliphatic carbocycles. The van der Waals surface area contributed by atoms with E-state index in [9.17, 15) is 12.8 Å². The van der Waals surface area contributed by atoms with Crippen LogP contribution < -0.4 is 4.72 Å².